The summed E-state index contributed by atoms with van der Waals surface area (Å²) in [5.74, 6) is 0.842. The van der Waals surface area contributed by atoms with Crippen LogP contribution in [0.15, 0.2) is 24.3 Å². The summed E-state index contributed by atoms with van der Waals surface area (Å²) in [4.78, 5) is 13.9. The third-order valence-corrected chi connectivity index (χ3v) is 3.30. The summed E-state index contributed by atoms with van der Waals surface area (Å²) in [6.07, 6.45) is 0.975. The van der Waals surface area contributed by atoms with E-state index >= 15 is 0 Å². The Morgan fingerprint density at radius 3 is 3.11 bits per heavy atom. The average Bonchev–Trinajstić information content (AvgIpc) is 2.82. The van der Waals surface area contributed by atoms with Crippen LogP contribution in [-0.4, -0.2) is 43.6 Å². The predicted octanol–water partition coefficient (Wildman–Crippen LogP) is 0.344. The topological polar surface area (TPSA) is 67.6 Å². The number of likely N-dealkylation sites (tertiary alicyclic amines) is 1. The van der Waals surface area contributed by atoms with Gasteiger partial charge in [0.25, 0.3) is 0 Å². The van der Waals surface area contributed by atoms with Crippen LogP contribution in [0.2, 0.25) is 0 Å². The molecule has 1 atom stereocenters. The number of hydrogen-bond acceptors (Lipinski definition) is 4. The van der Waals surface area contributed by atoms with Gasteiger partial charge in [0.1, 0.15) is 5.75 Å². The van der Waals surface area contributed by atoms with Crippen molar-refractivity contribution in [1.29, 1.82) is 0 Å². The van der Waals surface area contributed by atoms with Crippen LogP contribution in [0.4, 0.5) is 0 Å². The molecule has 1 amide bonds. The second-order valence-corrected chi connectivity index (χ2v) is 4.91. The van der Waals surface area contributed by atoms with Gasteiger partial charge in [0.15, 0.2) is 0 Å². The highest BCUT2D eigenvalue weighted by atomic mass is 16.5. The van der Waals surface area contributed by atoms with Crippen LogP contribution in [0.3, 0.4) is 0 Å². The minimum absolute atomic E-state index is 0.0388. The number of methoxy groups -OCH3 is 1. The average molecular weight is 263 g/mol. The van der Waals surface area contributed by atoms with Gasteiger partial charge in [-0.3, -0.25) is 9.69 Å². The molecule has 0 saturated carbocycles. The van der Waals surface area contributed by atoms with E-state index in [2.05, 4.69) is 10.2 Å². The van der Waals surface area contributed by atoms with Crippen molar-refractivity contribution in [3.63, 3.8) is 0 Å². The monoisotopic (exact) mass is 263 g/mol. The number of hydrogen-bond donors (Lipinski definition) is 2. The van der Waals surface area contributed by atoms with Gasteiger partial charge in [0.2, 0.25) is 5.91 Å². The molecule has 19 heavy (non-hydrogen) atoms. The van der Waals surface area contributed by atoms with E-state index in [4.69, 9.17) is 10.5 Å². The van der Waals surface area contributed by atoms with Gasteiger partial charge in [-0.15, -0.1) is 0 Å². The van der Waals surface area contributed by atoms with Gasteiger partial charge in [-0.25, -0.2) is 0 Å². The summed E-state index contributed by atoms with van der Waals surface area (Å²) in [5.41, 5.74) is 6.84. The van der Waals surface area contributed by atoms with Crippen molar-refractivity contribution < 1.29 is 9.53 Å². The van der Waals surface area contributed by atoms with Gasteiger partial charge in [0.05, 0.1) is 13.7 Å². The summed E-state index contributed by atoms with van der Waals surface area (Å²) in [5, 5.41) is 2.92. The minimum Gasteiger partial charge on any atom is -0.497 e. The summed E-state index contributed by atoms with van der Waals surface area (Å²) < 4.78 is 5.15. The Morgan fingerprint density at radius 1 is 1.58 bits per heavy atom. The normalized spacial score (nSPS) is 19.4. The van der Waals surface area contributed by atoms with Crippen molar-refractivity contribution in [2.75, 3.05) is 26.7 Å². The van der Waals surface area contributed by atoms with Crippen molar-refractivity contribution >= 4 is 5.91 Å². The summed E-state index contributed by atoms with van der Waals surface area (Å²) in [7, 11) is 1.63. The lowest BCUT2D eigenvalue weighted by Crippen LogP contribution is -2.37. The molecule has 0 spiro atoms. The molecule has 1 fully saturated rings. The highest BCUT2D eigenvalue weighted by Crippen LogP contribution is 2.12. The van der Waals surface area contributed by atoms with Crippen LogP contribution in [0.1, 0.15) is 12.0 Å². The minimum atomic E-state index is 0.0388. The zero-order valence-electron chi connectivity index (χ0n) is 11.3. The molecule has 0 aromatic heterocycles. The zero-order valence-corrected chi connectivity index (χ0v) is 11.3. The Bertz CT molecular complexity index is 436. The molecule has 3 N–H and O–H groups in total. The van der Waals surface area contributed by atoms with E-state index in [9.17, 15) is 4.79 Å². The molecule has 1 aromatic carbocycles. The SMILES string of the molecule is COc1cccc(CNC(=O)CN2CC[C@H](N)C2)c1. The number of nitrogens with one attached hydrogen (secondary N) is 1. The molecule has 2 rings (SSSR count). The third kappa shape index (κ3) is 4.22. The predicted molar refractivity (Wildman–Crippen MR) is 73.9 cm³/mol. The standard InChI is InChI=1S/C14H21N3O2/c1-19-13-4-2-3-11(7-13)8-16-14(18)10-17-6-5-12(15)9-17/h2-4,7,12H,5-6,8-10,15H2,1H3,(H,16,18)/t12-/m0/s1. The first-order valence-corrected chi connectivity index (χ1v) is 6.55. The second kappa shape index (κ2) is 6.54. The Balaban J connectivity index is 1.76. The van der Waals surface area contributed by atoms with Crippen molar-refractivity contribution in [2.45, 2.75) is 19.0 Å². The molecule has 5 nitrogen and oxygen atoms in total. The first-order valence-electron chi connectivity index (χ1n) is 6.55. The maximum Gasteiger partial charge on any atom is 0.234 e. The second-order valence-electron chi connectivity index (χ2n) is 4.91. The van der Waals surface area contributed by atoms with Crippen LogP contribution in [0, 0.1) is 0 Å². The Labute approximate surface area is 113 Å². The lowest BCUT2D eigenvalue weighted by atomic mass is 10.2. The van der Waals surface area contributed by atoms with Crippen LogP contribution in [0.25, 0.3) is 0 Å². The highest BCUT2D eigenvalue weighted by molar-refractivity contribution is 5.78. The summed E-state index contributed by atoms with van der Waals surface area (Å²) >= 11 is 0. The molecule has 0 radical (unpaired) electrons. The van der Waals surface area contributed by atoms with Crippen molar-refractivity contribution in [1.82, 2.24) is 10.2 Å². The third-order valence-electron chi connectivity index (χ3n) is 3.30. The van der Waals surface area contributed by atoms with Gasteiger partial charge in [-0.05, 0) is 24.1 Å². The largest absolute Gasteiger partial charge is 0.497 e. The van der Waals surface area contributed by atoms with Crippen LogP contribution in [0.5, 0.6) is 5.75 Å². The van der Waals surface area contributed by atoms with Crippen molar-refractivity contribution in [3.8, 4) is 5.75 Å². The molecule has 0 unspecified atom stereocenters. The van der Waals surface area contributed by atoms with Crippen molar-refractivity contribution in [2.24, 2.45) is 5.73 Å². The lowest BCUT2D eigenvalue weighted by Gasteiger charge is -2.14. The van der Waals surface area contributed by atoms with E-state index in [-0.39, 0.29) is 11.9 Å². The van der Waals surface area contributed by atoms with Gasteiger partial charge in [-0.1, -0.05) is 12.1 Å². The molecule has 104 valence electrons. The lowest BCUT2D eigenvalue weighted by molar-refractivity contribution is -0.122. The molecule has 1 aliphatic heterocycles. The molecule has 1 aliphatic rings. The van der Waals surface area contributed by atoms with E-state index in [1.165, 1.54) is 0 Å². The number of nitrogens with two attached hydrogens (primary N) is 1. The van der Waals surface area contributed by atoms with E-state index in [0.29, 0.717) is 13.1 Å². The quantitative estimate of drug-likeness (QED) is 0.804. The Morgan fingerprint density at radius 2 is 2.42 bits per heavy atom. The number of nitrogens with zero attached hydrogens (tertiary/aromatic N) is 1. The zero-order chi connectivity index (χ0) is 13.7. The Hall–Kier alpha value is -1.59. The highest BCUT2D eigenvalue weighted by Gasteiger charge is 2.20. The fourth-order valence-corrected chi connectivity index (χ4v) is 2.25. The molecule has 1 saturated heterocycles. The van der Waals surface area contributed by atoms with Gasteiger partial charge in [0, 0.05) is 25.7 Å². The maximum absolute atomic E-state index is 11.8. The number of carbonyl (C=O) groups excluding carboxylic acids is 1. The van der Waals surface area contributed by atoms with Gasteiger partial charge >= 0.3 is 0 Å². The summed E-state index contributed by atoms with van der Waals surface area (Å²) in [6, 6.07) is 7.91. The summed E-state index contributed by atoms with van der Waals surface area (Å²) in [6.45, 7) is 2.67. The number of ether oxygens (including phenoxy) is 1. The smallest absolute Gasteiger partial charge is 0.234 e. The molecule has 0 bridgehead atoms. The maximum atomic E-state index is 11.8. The fourth-order valence-electron chi connectivity index (χ4n) is 2.25. The first-order chi connectivity index (χ1) is 9.17. The van der Waals surface area contributed by atoms with Crippen LogP contribution < -0.4 is 15.8 Å². The molecule has 1 heterocycles. The van der Waals surface area contributed by atoms with Gasteiger partial charge < -0.3 is 15.8 Å². The van der Waals surface area contributed by atoms with Crippen molar-refractivity contribution in [3.05, 3.63) is 29.8 Å². The molecular weight excluding hydrogens is 242 g/mol. The van der Waals surface area contributed by atoms with Crippen LogP contribution >= 0.6 is 0 Å². The number of rotatable bonds is 5. The molecule has 5 heteroatoms. The molecule has 1 aromatic rings. The molecular formula is C14H21N3O2. The van der Waals surface area contributed by atoms with Crippen LogP contribution in [-0.2, 0) is 11.3 Å². The molecule has 0 aliphatic carbocycles. The van der Waals surface area contributed by atoms with E-state index in [1.54, 1.807) is 7.11 Å². The number of amides is 1. The van der Waals surface area contributed by atoms with E-state index in [0.717, 1.165) is 30.8 Å². The van der Waals surface area contributed by atoms with E-state index < -0.39 is 0 Å². The first kappa shape index (κ1) is 13.8. The van der Waals surface area contributed by atoms with E-state index in [1.807, 2.05) is 24.3 Å². The Kier molecular flexibility index (Phi) is 4.76. The van der Waals surface area contributed by atoms with Gasteiger partial charge in [-0.2, -0.15) is 0 Å². The number of carbonyl (C=O) groups is 1. The number of benzene rings is 1. The fraction of sp³-hybridized carbons (Fsp3) is 0.500.